The molecule has 0 saturated carbocycles. The Morgan fingerprint density at radius 3 is 2.76 bits per heavy atom. The summed E-state index contributed by atoms with van der Waals surface area (Å²) in [5.74, 6) is -0.962. The second-order valence-electron chi connectivity index (χ2n) is 4.44. The highest BCUT2D eigenvalue weighted by atomic mass is 35.5. The number of hydrogen-bond acceptors (Lipinski definition) is 2. The number of amides is 1. The van der Waals surface area contributed by atoms with E-state index in [1.807, 2.05) is 19.1 Å². The van der Waals surface area contributed by atoms with E-state index in [0.29, 0.717) is 18.1 Å². The van der Waals surface area contributed by atoms with Gasteiger partial charge in [0.1, 0.15) is 11.0 Å². The average molecular weight is 327 g/mol. The van der Waals surface area contributed by atoms with E-state index in [2.05, 4.69) is 4.98 Å². The number of nitrogens with zero attached hydrogens (tertiary/aromatic N) is 2. The van der Waals surface area contributed by atoms with Crippen molar-refractivity contribution in [1.82, 2.24) is 9.88 Å². The van der Waals surface area contributed by atoms with Crippen LogP contribution in [0.2, 0.25) is 10.2 Å². The van der Waals surface area contributed by atoms with Gasteiger partial charge >= 0.3 is 0 Å². The van der Waals surface area contributed by atoms with Gasteiger partial charge < -0.3 is 4.90 Å². The molecule has 0 N–H and O–H groups in total. The lowest BCUT2D eigenvalue weighted by Crippen LogP contribution is -2.30. The summed E-state index contributed by atoms with van der Waals surface area (Å²) in [4.78, 5) is 17.6. The Kier molecular flexibility index (Phi) is 5.15. The number of hydrogen-bond donors (Lipinski definition) is 0. The summed E-state index contributed by atoms with van der Waals surface area (Å²) < 4.78 is 13.2. The molecule has 0 aliphatic heterocycles. The number of aromatic nitrogens is 1. The summed E-state index contributed by atoms with van der Waals surface area (Å²) in [6, 6.07) is 8.32. The summed E-state index contributed by atoms with van der Waals surface area (Å²) in [6.45, 7) is 2.66. The van der Waals surface area contributed by atoms with E-state index in [1.54, 1.807) is 17.0 Å². The Balaban J connectivity index is 2.24. The topological polar surface area (TPSA) is 33.2 Å². The molecule has 0 bridgehead atoms. The van der Waals surface area contributed by atoms with Crippen molar-refractivity contribution in [2.45, 2.75) is 13.5 Å². The number of carbonyl (C=O) groups excluding carboxylic acids is 1. The fourth-order valence-corrected chi connectivity index (χ4v) is 2.32. The Hall–Kier alpha value is -1.65. The maximum atomic E-state index is 13.2. The molecule has 0 fully saturated rings. The lowest BCUT2D eigenvalue weighted by Gasteiger charge is -2.21. The zero-order valence-electron chi connectivity index (χ0n) is 11.3. The first-order valence-corrected chi connectivity index (χ1v) is 7.11. The molecular weight excluding hydrogens is 314 g/mol. The molecule has 0 unspecified atom stereocenters. The standard InChI is InChI=1S/C15H13Cl2FN2O/c1-2-20(9-10-4-3-5-11(16)6-10)15(21)13-7-12(18)8-19-14(13)17/h3-8H,2,9H2,1H3. The highest BCUT2D eigenvalue weighted by Crippen LogP contribution is 2.18. The zero-order chi connectivity index (χ0) is 15.4. The van der Waals surface area contributed by atoms with E-state index < -0.39 is 5.82 Å². The van der Waals surface area contributed by atoms with Gasteiger partial charge in [0.25, 0.3) is 5.91 Å². The smallest absolute Gasteiger partial charge is 0.257 e. The van der Waals surface area contributed by atoms with E-state index in [4.69, 9.17) is 23.2 Å². The van der Waals surface area contributed by atoms with Gasteiger partial charge in [-0.15, -0.1) is 0 Å². The number of pyridine rings is 1. The van der Waals surface area contributed by atoms with Gasteiger partial charge in [-0.25, -0.2) is 9.37 Å². The van der Waals surface area contributed by atoms with E-state index in [-0.39, 0.29) is 16.6 Å². The van der Waals surface area contributed by atoms with Gasteiger partial charge in [-0.05, 0) is 30.7 Å². The maximum absolute atomic E-state index is 13.2. The first-order chi connectivity index (χ1) is 10.0. The molecule has 110 valence electrons. The average Bonchev–Trinajstić information content (AvgIpc) is 2.46. The Morgan fingerprint density at radius 2 is 2.10 bits per heavy atom. The predicted molar refractivity (Wildman–Crippen MR) is 81.1 cm³/mol. The van der Waals surface area contributed by atoms with Crippen molar-refractivity contribution in [2.24, 2.45) is 0 Å². The molecular formula is C15H13Cl2FN2O. The Morgan fingerprint density at radius 1 is 1.33 bits per heavy atom. The molecule has 1 aromatic carbocycles. The molecule has 3 nitrogen and oxygen atoms in total. The highest BCUT2D eigenvalue weighted by molar-refractivity contribution is 6.32. The summed E-state index contributed by atoms with van der Waals surface area (Å²) in [5, 5.41) is 0.590. The number of halogens is 3. The molecule has 1 heterocycles. The van der Waals surface area contributed by atoms with Gasteiger partial charge in [-0.3, -0.25) is 4.79 Å². The predicted octanol–water partition coefficient (Wildman–Crippen LogP) is 4.19. The fraction of sp³-hybridized carbons (Fsp3) is 0.200. The van der Waals surface area contributed by atoms with Crippen molar-refractivity contribution in [1.29, 1.82) is 0 Å². The normalized spacial score (nSPS) is 10.5. The van der Waals surface area contributed by atoms with Gasteiger partial charge in [0.15, 0.2) is 0 Å². The van der Waals surface area contributed by atoms with Gasteiger partial charge in [-0.2, -0.15) is 0 Å². The molecule has 2 rings (SSSR count). The zero-order valence-corrected chi connectivity index (χ0v) is 12.8. The molecule has 1 aromatic heterocycles. The van der Waals surface area contributed by atoms with Crippen molar-refractivity contribution in [2.75, 3.05) is 6.54 Å². The summed E-state index contributed by atoms with van der Waals surface area (Å²) in [7, 11) is 0. The quantitative estimate of drug-likeness (QED) is 0.789. The van der Waals surface area contributed by atoms with Gasteiger partial charge in [0.05, 0.1) is 11.8 Å². The summed E-state index contributed by atoms with van der Waals surface area (Å²) >= 11 is 11.8. The van der Waals surface area contributed by atoms with Gasteiger partial charge in [-0.1, -0.05) is 35.3 Å². The van der Waals surface area contributed by atoms with Crippen LogP contribution in [-0.2, 0) is 6.54 Å². The van der Waals surface area contributed by atoms with E-state index >= 15 is 0 Å². The van der Waals surface area contributed by atoms with Crippen LogP contribution in [0.1, 0.15) is 22.8 Å². The van der Waals surface area contributed by atoms with E-state index in [1.165, 1.54) is 0 Å². The molecule has 6 heteroatoms. The molecule has 21 heavy (non-hydrogen) atoms. The monoisotopic (exact) mass is 326 g/mol. The number of rotatable bonds is 4. The first-order valence-electron chi connectivity index (χ1n) is 6.36. The lowest BCUT2D eigenvalue weighted by molar-refractivity contribution is 0.0752. The van der Waals surface area contributed by atoms with Crippen LogP contribution in [0, 0.1) is 5.82 Å². The molecule has 0 saturated heterocycles. The van der Waals surface area contributed by atoms with Crippen molar-refractivity contribution in [3.8, 4) is 0 Å². The molecule has 1 amide bonds. The molecule has 0 atom stereocenters. The van der Waals surface area contributed by atoms with Crippen LogP contribution in [0.3, 0.4) is 0 Å². The molecule has 0 aliphatic rings. The lowest BCUT2D eigenvalue weighted by atomic mass is 10.2. The first kappa shape index (κ1) is 15.7. The molecule has 0 radical (unpaired) electrons. The maximum Gasteiger partial charge on any atom is 0.257 e. The largest absolute Gasteiger partial charge is 0.335 e. The van der Waals surface area contributed by atoms with Crippen LogP contribution in [0.4, 0.5) is 4.39 Å². The van der Waals surface area contributed by atoms with Crippen LogP contribution < -0.4 is 0 Å². The molecule has 2 aromatic rings. The minimum atomic E-state index is -0.596. The third-order valence-electron chi connectivity index (χ3n) is 2.97. The number of carbonyl (C=O) groups is 1. The van der Waals surface area contributed by atoms with Crippen LogP contribution in [0.25, 0.3) is 0 Å². The summed E-state index contributed by atoms with van der Waals surface area (Å²) in [5.41, 5.74) is 0.943. The van der Waals surface area contributed by atoms with Gasteiger partial charge in [0.2, 0.25) is 0 Å². The highest BCUT2D eigenvalue weighted by Gasteiger charge is 2.19. The minimum absolute atomic E-state index is 0.00839. The van der Waals surface area contributed by atoms with Crippen molar-refractivity contribution in [3.05, 3.63) is 63.6 Å². The van der Waals surface area contributed by atoms with Crippen molar-refractivity contribution < 1.29 is 9.18 Å². The van der Waals surface area contributed by atoms with Crippen LogP contribution in [0.5, 0.6) is 0 Å². The van der Waals surface area contributed by atoms with Crippen molar-refractivity contribution in [3.63, 3.8) is 0 Å². The van der Waals surface area contributed by atoms with Crippen LogP contribution in [0.15, 0.2) is 36.5 Å². The SMILES string of the molecule is CCN(Cc1cccc(Cl)c1)C(=O)c1cc(F)cnc1Cl. The third kappa shape index (κ3) is 3.93. The van der Waals surface area contributed by atoms with E-state index in [0.717, 1.165) is 17.8 Å². The minimum Gasteiger partial charge on any atom is -0.335 e. The Labute approximate surface area is 132 Å². The number of benzene rings is 1. The van der Waals surface area contributed by atoms with Crippen LogP contribution >= 0.6 is 23.2 Å². The van der Waals surface area contributed by atoms with Crippen LogP contribution in [-0.4, -0.2) is 22.3 Å². The summed E-state index contributed by atoms with van der Waals surface area (Å²) in [6.07, 6.45) is 0.979. The fourth-order valence-electron chi connectivity index (χ4n) is 1.93. The van der Waals surface area contributed by atoms with Gasteiger partial charge in [0, 0.05) is 18.1 Å². The van der Waals surface area contributed by atoms with E-state index in [9.17, 15) is 9.18 Å². The second-order valence-corrected chi connectivity index (χ2v) is 5.24. The van der Waals surface area contributed by atoms with Crippen molar-refractivity contribution >= 4 is 29.1 Å². The molecule has 0 aliphatic carbocycles. The third-order valence-corrected chi connectivity index (χ3v) is 3.50. The Bertz CT molecular complexity index is 664. The molecule has 0 spiro atoms. The second kappa shape index (κ2) is 6.87.